The molecule has 1 saturated heterocycles. The predicted molar refractivity (Wildman–Crippen MR) is 104 cm³/mol. The fraction of sp³-hybridized carbons (Fsp3) is 0.300. The Bertz CT molecular complexity index is 867. The molecular formula is C20H21FN4S. The summed E-state index contributed by atoms with van der Waals surface area (Å²) >= 11 is 1.69. The number of pyridine rings is 1. The van der Waals surface area contributed by atoms with Crippen molar-refractivity contribution in [2.45, 2.75) is 19.5 Å². The Balaban J connectivity index is 1.40. The zero-order valence-corrected chi connectivity index (χ0v) is 15.5. The number of nitrogens with zero attached hydrogens (tertiary/aromatic N) is 4. The maximum atomic E-state index is 13.4. The zero-order valence-electron chi connectivity index (χ0n) is 14.7. The van der Waals surface area contributed by atoms with Gasteiger partial charge in [-0.25, -0.2) is 9.97 Å². The molecule has 1 aliphatic heterocycles. The van der Waals surface area contributed by atoms with E-state index in [-0.39, 0.29) is 6.04 Å². The van der Waals surface area contributed by atoms with Crippen LogP contribution in [-0.2, 0) is 6.54 Å². The second kappa shape index (κ2) is 7.51. The van der Waals surface area contributed by atoms with E-state index in [0.717, 1.165) is 42.7 Å². The summed E-state index contributed by atoms with van der Waals surface area (Å²) < 4.78 is 13.4. The molecule has 0 N–H and O–H groups in total. The van der Waals surface area contributed by atoms with Gasteiger partial charge in [-0.3, -0.25) is 4.90 Å². The number of thiazole rings is 1. The molecule has 0 radical (unpaired) electrons. The molecule has 0 spiro atoms. The van der Waals surface area contributed by atoms with Crippen molar-refractivity contribution in [3.05, 3.63) is 65.6 Å². The normalized spacial score (nSPS) is 18.2. The van der Waals surface area contributed by atoms with E-state index in [1.165, 1.54) is 11.6 Å². The average Bonchev–Trinajstić information content (AvgIpc) is 3.11. The number of aromatic nitrogens is 2. The van der Waals surface area contributed by atoms with Crippen molar-refractivity contribution in [2.24, 2.45) is 0 Å². The van der Waals surface area contributed by atoms with Gasteiger partial charge in [-0.2, -0.15) is 4.39 Å². The Kier molecular flexibility index (Phi) is 4.95. The molecule has 1 aromatic carbocycles. The lowest BCUT2D eigenvalue weighted by Crippen LogP contribution is -2.52. The molecule has 0 aliphatic carbocycles. The molecule has 3 aromatic rings. The van der Waals surface area contributed by atoms with Crippen LogP contribution in [0.2, 0.25) is 0 Å². The van der Waals surface area contributed by atoms with Crippen LogP contribution in [0.5, 0.6) is 0 Å². The second-order valence-electron chi connectivity index (χ2n) is 6.61. The Morgan fingerprint density at radius 2 is 1.92 bits per heavy atom. The fourth-order valence-electron chi connectivity index (χ4n) is 3.40. The third-order valence-corrected chi connectivity index (χ3v) is 5.60. The quantitative estimate of drug-likeness (QED) is 0.650. The fourth-order valence-corrected chi connectivity index (χ4v) is 4.21. The summed E-state index contributed by atoms with van der Waals surface area (Å²) in [6.45, 7) is 5.68. The predicted octanol–water partition coefficient (Wildman–Crippen LogP) is 4.05. The minimum atomic E-state index is -0.423. The monoisotopic (exact) mass is 368 g/mol. The number of benzene rings is 1. The minimum Gasteiger partial charge on any atom is -0.351 e. The van der Waals surface area contributed by atoms with Gasteiger partial charge in [0.1, 0.15) is 10.8 Å². The summed E-state index contributed by atoms with van der Waals surface area (Å²) in [7, 11) is 0. The molecule has 26 heavy (non-hydrogen) atoms. The highest BCUT2D eigenvalue weighted by atomic mass is 32.1. The van der Waals surface area contributed by atoms with Gasteiger partial charge >= 0.3 is 0 Å². The van der Waals surface area contributed by atoms with E-state index in [1.54, 1.807) is 17.4 Å². The first-order chi connectivity index (χ1) is 12.7. The van der Waals surface area contributed by atoms with E-state index in [9.17, 15) is 4.39 Å². The number of anilines is 1. The van der Waals surface area contributed by atoms with Crippen LogP contribution in [0.25, 0.3) is 10.6 Å². The third kappa shape index (κ3) is 3.76. The van der Waals surface area contributed by atoms with E-state index in [2.05, 4.69) is 39.2 Å². The molecule has 1 atom stereocenters. The highest BCUT2D eigenvalue weighted by Gasteiger charge is 2.25. The van der Waals surface area contributed by atoms with Crippen LogP contribution in [0.4, 0.5) is 10.2 Å². The molecule has 0 amide bonds. The van der Waals surface area contributed by atoms with Crippen molar-refractivity contribution < 1.29 is 4.39 Å². The van der Waals surface area contributed by atoms with Crippen LogP contribution in [-0.4, -0.2) is 40.5 Å². The Morgan fingerprint density at radius 3 is 2.69 bits per heavy atom. The van der Waals surface area contributed by atoms with Crippen molar-refractivity contribution in [3.8, 4) is 10.6 Å². The van der Waals surface area contributed by atoms with Gasteiger partial charge in [0.15, 0.2) is 0 Å². The van der Waals surface area contributed by atoms with Crippen LogP contribution >= 0.6 is 11.3 Å². The Hall–Kier alpha value is -2.31. The zero-order chi connectivity index (χ0) is 17.9. The van der Waals surface area contributed by atoms with Crippen molar-refractivity contribution in [1.29, 1.82) is 0 Å². The van der Waals surface area contributed by atoms with Crippen LogP contribution in [0.15, 0.2) is 53.9 Å². The van der Waals surface area contributed by atoms with E-state index in [0.29, 0.717) is 0 Å². The highest BCUT2D eigenvalue weighted by molar-refractivity contribution is 7.13. The summed E-state index contributed by atoms with van der Waals surface area (Å²) in [4.78, 5) is 13.4. The van der Waals surface area contributed by atoms with Crippen molar-refractivity contribution >= 4 is 17.2 Å². The maximum absolute atomic E-state index is 13.4. The van der Waals surface area contributed by atoms with Crippen molar-refractivity contribution in [2.75, 3.05) is 24.5 Å². The molecule has 4 rings (SSSR count). The molecule has 0 bridgehead atoms. The molecule has 4 nitrogen and oxygen atoms in total. The summed E-state index contributed by atoms with van der Waals surface area (Å²) in [6.07, 6.45) is 0. The smallest absolute Gasteiger partial charge is 0.214 e. The van der Waals surface area contributed by atoms with Gasteiger partial charge < -0.3 is 4.90 Å². The molecule has 3 heterocycles. The Labute approximate surface area is 156 Å². The SMILES string of the molecule is CC1CN(Cc2csc(-c3ccccc3)n2)CCN1c1cccc(F)n1. The van der Waals surface area contributed by atoms with E-state index in [1.807, 2.05) is 24.3 Å². The largest absolute Gasteiger partial charge is 0.351 e. The third-order valence-electron chi connectivity index (χ3n) is 4.66. The summed E-state index contributed by atoms with van der Waals surface area (Å²) in [5.74, 6) is 0.296. The number of hydrogen-bond acceptors (Lipinski definition) is 5. The van der Waals surface area contributed by atoms with Crippen LogP contribution in [0.1, 0.15) is 12.6 Å². The standard InChI is InChI=1S/C20H21FN4S/c1-15-12-24(10-11-25(15)19-9-5-8-18(21)23-19)13-17-14-26-20(22-17)16-6-3-2-4-7-16/h2-9,14-15H,10-13H2,1H3. The number of piperazine rings is 1. The van der Waals surface area contributed by atoms with Gasteiger partial charge in [-0.1, -0.05) is 36.4 Å². The molecule has 1 fully saturated rings. The second-order valence-corrected chi connectivity index (χ2v) is 7.46. The van der Waals surface area contributed by atoms with Gasteiger partial charge in [0.25, 0.3) is 0 Å². The lowest BCUT2D eigenvalue weighted by molar-refractivity contribution is 0.218. The average molecular weight is 368 g/mol. The molecule has 134 valence electrons. The first kappa shape index (κ1) is 17.1. The van der Waals surface area contributed by atoms with Crippen molar-refractivity contribution in [1.82, 2.24) is 14.9 Å². The first-order valence-electron chi connectivity index (χ1n) is 8.80. The molecule has 0 saturated carbocycles. The summed E-state index contributed by atoms with van der Waals surface area (Å²) in [5, 5.41) is 3.21. The highest BCUT2D eigenvalue weighted by Crippen LogP contribution is 2.25. The molecule has 6 heteroatoms. The summed E-state index contributed by atoms with van der Waals surface area (Å²) in [6, 6.07) is 15.5. The van der Waals surface area contributed by atoms with Crippen LogP contribution in [0, 0.1) is 5.95 Å². The molecule has 2 aromatic heterocycles. The molecule has 1 unspecified atom stereocenters. The lowest BCUT2D eigenvalue weighted by Gasteiger charge is -2.40. The topological polar surface area (TPSA) is 32.3 Å². The molecule has 1 aliphatic rings. The Morgan fingerprint density at radius 1 is 1.08 bits per heavy atom. The van der Waals surface area contributed by atoms with E-state index < -0.39 is 5.95 Å². The first-order valence-corrected chi connectivity index (χ1v) is 9.68. The number of halogens is 1. The van der Waals surface area contributed by atoms with Crippen molar-refractivity contribution in [3.63, 3.8) is 0 Å². The maximum Gasteiger partial charge on any atom is 0.214 e. The van der Waals surface area contributed by atoms with E-state index in [4.69, 9.17) is 4.98 Å². The lowest BCUT2D eigenvalue weighted by atomic mass is 10.2. The van der Waals surface area contributed by atoms with Gasteiger partial charge in [0.2, 0.25) is 5.95 Å². The van der Waals surface area contributed by atoms with Crippen LogP contribution in [0.3, 0.4) is 0 Å². The molecular weight excluding hydrogens is 347 g/mol. The van der Waals surface area contributed by atoms with Gasteiger partial charge in [-0.15, -0.1) is 11.3 Å². The van der Waals surface area contributed by atoms with Gasteiger partial charge in [0.05, 0.1) is 5.69 Å². The summed E-state index contributed by atoms with van der Waals surface area (Å²) in [5.41, 5.74) is 2.28. The van der Waals surface area contributed by atoms with Gasteiger partial charge in [0, 0.05) is 43.2 Å². The number of rotatable bonds is 4. The number of hydrogen-bond donors (Lipinski definition) is 0. The van der Waals surface area contributed by atoms with Gasteiger partial charge in [-0.05, 0) is 19.1 Å². The van der Waals surface area contributed by atoms with Crippen LogP contribution < -0.4 is 4.90 Å². The minimum absolute atomic E-state index is 0.283. The van der Waals surface area contributed by atoms with E-state index >= 15 is 0 Å².